The number of carbonyl (C=O) groups is 2. The lowest BCUT2D eigenvalue weighted by molar-refractivity contribution is -0.297. The first kappa shape index (κ1) is 60.1. The van der Waals surface area contributed by atoms with E-state index in [9.17, 15) is 37.9 Å². The van der Waals surface area contributed by atoms with Gasteiger partial charge in [-0.1, -0.05) is 155 Å². The summed E-state index contributed by atoms with van der Waals surface area (Å²) in [7, 11) is -4.63. The monoisotopic (exact) mass is 943 g/mol. The van der Waals surface area contributed by atoms with Crippen LogP contribution >= 0.6 is 0 Å². The fraction of sp³-hybridized carbons (Fsp3) is 0.585. The third-order valence-corrected chi connectivity index (χ3v) is 10.8. The number of esters is 2. The van der Waals surface area contributed by atoms with Crippen molar-refractivity contribution < 1.29 is 56.8 Å². The predicted octanol–water partition coefficient (Wildman–Crippen LogP) is 10.6. The molecule has 0 aromatic heterocycles. The lowest BCUT2D eigenvalue weighted by Gasteiger charge is -2.40. The van der Waals surface area contributed by atoms with Gasteiger partial charge in [-0.3, -0.25) is 14.1 Å². The molecule has 0 radical (unpaired) electrons. The Morgan fingerprint density at radius 1 is 0.530 bits per heavy atom. The highest BCUT2D eigenvalue weighted by molar-refractivity contribution is 7.85. The smallest absolute Gasteiger partial charge is 0.306 e. The Bertz CT molecular complexity index is 1670. The third-order valence-electron chi connectivity index (χ3n) is 10.0. The van der Waals surface area contributed by atoms with Crippen LogP contribution in [-0.4, -0.2) is 96.0 Å². The van der Waals surface area contributed by atoms with Gasteiger partial charge >= 0.3 is 11.9 Å². The van der Waals surface area contributed by atoms with Crippen LogP contribution in [0.5, 0.6) is 0 Å². The van der Waals surface area contributed by atoms with E-state index >= 15 is 0 Å². The summed E-state index contributed by atoms with van der Waals surface area (Å²) in [5.41, 5.74) is 0. The van der Waals surface area contributed by atoms with E-state index < -0.39 is 71.2 Å². The Balaban J connectivity index is 2.51. The van der Waals surface area contributed by atoms with E-state index in [4.69, 9.17) is 18.9 Å². The number of aliphatic hydroxyl groups excluding tert-OH is 3. The van der Waals surface area contributed by atoms with Gasteiger partial charge < -0.3 is 34.3 Å². The molecular formula is C53H82O12S. The summed E-state index contributed by atoms with van der Waals surface area (Å²) in [5.74, 6) is -2.15. The van der Waals surface area contributed by atoms with Crippen LogP contribution in [0.1, 0.15) is 142 Å². The molecule has 1 aliphatic rings. The molecule has 0 aromatic carbocycles. The Kier molecular flexibility index (Phi) is 37.5. The highest BCUT2D eigenvalue weighted by Crippen LogP contribution is 2.24. The van der Waals surface area contributed by atoms with Crippen molar-refractivity contribution in [3.05, 3.63) is 122 Å². The Hall–Kier alpha value is -3.95. The number of allylic oxidation sites excluding steroid dienone is 20. The van der Waals surface area contributed by atoms with Gasteiger partial charge in [0.25, 0.3) is 10.1 Å². The lowest BCUT2D eigenvalue weighted by Crippen LogP contribution is -2.60. The van der Waals surface area contributed by atoms with Gasteiger partial charge in [-0.15, -0.1) is 0 Å². The van der Waals surface area contributed by atoms with E-state index in [-0.39, 0.29) is 19.4 Å². The highest BCUT2D eigenvalue weighted by Gasteiger charge is 2.46. The molecule has 0 amide bonds. The van der Waals surface area contributed by atoms with Gasteiger partial charge in [0.15, 0.2) is 12.4 Å². The molecular weight excluding hydrogens is 861 g/mol. The van der Waals surface area contributed by atoms with Gasteiger partial charge in [0, 0.05) is 12.8 Å². The summed E-state index contributed by atoms with van der Waals surface area (Å²) < 4.78 is 54.0. The average Bonchev–Trinajstić information content (AvgIpc) is 3.28. The highest BCUT2D eigenvalue weighted by atomic mass is 32.2. The first-order valence-electron chi connectivity index (χ1n) is 24.1. The molecule has 0 saturated carbocycles. The van der Waals surface area contributed by atoms with E-state index in [1.165, 1.54) is 19.3 Å². The zero-order valence-corrected chi connectivity index (χ0v) is 40.6. The number of aliphatic hydroxyl groups is 3. The van der Waals surface area contributed by atoms with Crippen molar-refractivity contribution in [3.63, 3.8) is 0 Å². The van der Waals surface area contributed by atoms with Crippen molar-refractivity contribution in [1.82, 2.24) is 0 Å². The minimum absolute atomic E-state index is 0.0783. The topological polar surface area (TPSA) is 186 Å². The zero-order valence-electron chi connectivity index (χ0n) is 39.7. The van der Waals surface area contributed by atoms with Crippen LogP contribution in [0.3, 0.4) is 0 Å². The van der Waals surface area contributed by atoms with E-state index in [2.05, 4.69) is 123 Å². The Morgan fingerprint density at radius 3 is 1.45 bits per heavy atom. The van der Waals surface area contributed by atoms with Gasteiger partial charge in [0.05, 0.1) is 6.61 Å². The quantitative estimate of drug-likeness (QED) is 0.0199. The molecule has 0 bridgehead atoms. The summed E-state index contributed by atoms with van der Waals surface area (Å²) in [6.45, 7) is 3.51. The van der Waals surface area contributed by atoms with Gasteiger partial charge in [0.2, 0.25) is 0 Å². The Morgan fingerprint density at radius 2 is 0.985 bits per heavy atom. The van der Waals surface area contributed by atoms with Crippen LogP contribution in [0.15, 0.2) is 122 Å². The van der Waals surface area contributed by atoms with Gasteiger partial charge in [-0.05, 0) is 96.3 Å². The van der Waals surface area contributed by atoms with Crippen LogP contribution in [0, 0.1) is 0 Å². The van der Waals surface area contributed by atoms with Gasteiger partial charge in [0.1, 0.15) is 36.8 Å². The minimum atomic E-state index is -4.63. The lowest BCUT2D eigenvalue weighted by atomic mass is 10.00. The third kappa shape index (κ3) is 35.3. The van der Waals surface area contributed by atoms with Crippen LogP contribution in [0.4, 0.5) is 0 Å². The molecule has 0 aliphatic carbocycles. The first-order chi connectivity index (χ1) is 32.0. The van der Waals surface area contributed by atoms with Crippen LogP contribution in [0.25, 0.3) is 0 Å². The maximum Gasteiger partial charge on any atom is 0.306 e. The predicted molar refractivity (Wildman–Crippen MR) is 265 cm³/mol. The number of rotatable bonds is 38. The molecule has 2 unspecified atom stereocenters. The molecule has 1 aliphatic heterocycles. The Labute approximate surface area is 397 Å². The van der Waals surface area contributed by atoms with E-state index in [0.717, 1.165) is 77.0 Å². The zero-order chi connectivity index (χ0) is 48.4. The number of carbonyl (C=O) groups excluding carboxylic acids is 2. The summed E-state index contributed by atoms with van der Waals surface area (Å²) in [6.07, 6.45) is 49.6. The molecule has 12 nitrogen and oxygen atoms in total. The van der Waals surface area contributed by atoms with E-state index in [1.54, 1.807) is 0 Å². The fourth-order valence-corrected chi connectivity index (χ4v) is 7.02. The molecule has 1 fully saturated rings. The summed E-state index contributed by atoms with van der Waals surface area (Å²) >= 11 is 0. The van der Waals surface area contributed by atoms with Crippen molar-refractivity contribution in [2.24, 2.45) is 0 Å². The molecule has 1 saturated heterocycles. The molecule has 0 aromatic rings. The molecule has 6 atom stereocenters. The summed E-state index contributed by atoms with van der Waals surface area (Å²) in [6, 6.07) is 0. The second kappa shape index (κ2) is 41.3. The maximum atomic E-state index is 12.8. The number of hydrogen-bond donors (Lipinski definition) is 4. The summed E-state index contributed by atoms with van der Waals surface area (Å²) in [5, 5.41) is 30.9. The van der Waals surface area contributed by atoms with Crippen molar-refractivity contribution >= 4 is 22.1 Å². The van der Waals surface area contributed by atoms with Crippen molar-refractivity contribution in [3.8, 4) is 0 Å². The number of hydrogen-bond acceptors (Lipinski definition) is 11. The minimum Gasteiger partial charge on any atom is -0.462 e. The average molecular weight is 943 g/mol. The largest absolute Gasteiger partial charge is 0.462 e. The van der Waals surface area contributed by atoms with E-state index in [1.807, 2.05) is 12.2 Å². The van der Waals surface area contributed by atoms with Crippen LogP contribution < -0.4 is 0 Å². The van der Waals surface area contributed by atoms with E-state index in [0.29, 0.717) is 19.3 Å². The second-order valence-electron chi connectivity index (χ2n) is 16.0. The van der Waals surface area contributed by atoms with Gasteiger partial charge in [-0.2, -0.15) is 8.42 Å². The molecule has 66 heavy (non-hydrogen) atoms. The van der Waals surface area contributed by atoms with Crippen molar-refractivity contribution in [1.29, 1.82) is 0 Å². The fourth-order valence-electron chi connectivity index (χ4n) is 6.33. The molecule has 1 heterocycles. The second-order valence-corrected chi connectivity index (χ2v) is 17.5. The molecule has 372 valence electrons. The molecule has 0 spiro atoms. The number of ether oxygens (including phenoxy) is 4. The van der Waals surface area contributed by atoms with Crippen LogP contribution in [-0.2, 0) is 38.7 Å². The first-order valence-corrected chi connectivity index (χ1v) is 25.7. The maximum absolute atomic E-state index is 12.8. The van der Waals surface area contributed by atoms with Crippen molar-refractivity contribution in [2.75, 3.05) is 19.0 Å². The number of unbranched alkanes of at least 4 members (excludes halogenated alkanes) is 6. The standard InChI is InChI=1S/C53H82O12S/c1-3-5-7-9-11-13-15-17-19-21-23-25-27-29-31-33-35-37-39-41-48(54)62-43-46(44-63-53-52(58)51(57)50(56)47(65-53)45-66(59,60)61)64-49(55)42-40-38-36-34-32-30-28-26-24-22-20-18-16-14-12-10-8-6-4-2/h5,7,11-14,17-20,23-26,29-32,35,37,46-47,50-53,56-58H,3-4,6,8-10,15-16,21-22,27-28,33-34,36,38-45H2,1-2H3,(H,59,60,61)/b7-5+,13-11+,14-12+,19-17+,20-18+,25-23+,26-24+,31-29+,32-30+,37-35+/t46-,47-,50-,51?,52?,53+/m1/s1. The summed E-state index contributed by atoms with van der Waals surface area (Å²) in [4.78, 5) is 25.4. The normalized spacial score (nSPS) is 20.5. The molecule has 13 heteroatoms. The van der Waals surface area contributed by atoms with Crippen LogP contribution in [0.2, 0.25) is 0 Å². The van der Waals surface area contributed by atoms with Crippen molar-refractivity contribution in [2.45, 2.75) is 179 Å². The molecule has 1 rings (SSSR count). The SMILES string of the molecule is CC/C=C/C/C=C/C/C=C/C/C=C/C/C=C/C/C=C/CCC(=O)OC[C@H](CO[C@H]1O[C@H](CS(=O)(=O)O)[C@@H](O)C(O)C1O)OC(=O)CCCCC/C=C/C/C=C/C/C=C/C/C=C/CCCCC. The molecule has 4 N–H and O–H groups in total. The van der Waals surface area contributed by atoms with Gasteiger partial charge in [-0.25, -0.2) is 0 Å².